The van der Waals surface area contributed by atoms with Crippen molar-refractivity contribution in [2.75, 3.05) is 19.7 Å². The number of carboxylic acids is 1. The van der Waals surface area contributed by atoms with Gasteiger partial charge in [0.15, 0.2) is 6.10 Å². The van der Waals surface area contributed by atoms with Crippen LogP contribution >= 0.6 is 0 Å². The topological polar surface area (TPSA) is 54.7 Å². The second kappa shape index (κ2) is 5.50. The maximum Gasteiger partial charge on any atom is 0.334 e. The Bertz CT molecular complexity index is 638. The maximum atomic E-state index is 11.1. The molecule has 1 aromatic carbocycles. The lowest BCUT2D eigenvalue weighted by Gasteiger charge is -2.31. The van der Waals surface area contributed by atoms with Crippen LogP contribution in [-0.4, -0.2) is 46.3 Å². The normalized spacial score (nSPS) is 20.0. The summed E-state index contributed by atoms with van der Waals surface area (Å²) in [6.45, 7) is 4.57. The molecule has 1 atom stereocenters. The number of aromatic nitrogens is 1. The molecule has 5 nitrogen and oxygen atoms in total. The highest BCUT2D eigenvalue weighted by Crippen LogP contribution is 2.25. The van der Waals surface area contributed by atoms with E-state index in [9.17, 15) is 4.79 Å². The summed E-state index contributed by atoms with van der Waals surface area (Å²) < 4.78 is 7.48. The molecule has 0 bridgehead atoms. The van der Waals surface area contributed by atoms with Crippen molar-refractivity contribution in [3.8, 4) is 0 Å². The third-order valence-corrected chi connectivity index (χ3v) is 4.31. The van der Waals surface area contributed by atoms with Gasteiger partial charge in [-0.3, -0.25) is 4.90 Å². The van der Waals surface area contributed by atoms with Gasteiger partial charge in [-0.1, -0.05) is 18.2 Å². The van der Waals surface area contributed by atoms with Crippen LogP contribution < -0.4 is 0 Å². The van der Waals surface area contributed by atoms with Crippen LogP contribution in [-0.2, 0) is 23.1 Å². The maximum absolute atomic E-state index is 11.1. The van der Waals surface area contributed by atoms with Crippen molar-refractivity contribution in [2.24, 2.45) is 7.05 Å². The van der Waals surface area contributed by atoms with Gasteiger partial charge >= 0.3 is 5.97 Å². The summed E-state index contributed by atoms with van der Waals surface area (Å²) in [6.07, 6.45) is -0.714. The number of nitrogens with zero attached hydrogens (tertiary/aromatic N) is 2. The number of carboxylic acid groups (broad SMARTS) is 1. The van der Waals surface area contributed by atoms with E-state index in [4.69, 9.17) is 9.84 Å². The molecule has 0 aliphatic carbocycles. The molecular formula is C16H20N2O3. The molecule has 5 heteroatoms. The summed E-state index contributed by atoms with van der Waals surface area (Å²) in [7, 11) is 2.07. The van der Waals surface area contributed by atoms with Gasteiger partial charge in [0.05, 0.1) is 6.61 Å². The minimum absolute atomic E-state index is 0.441. The van der Waals surface area contributed by atoms with Crippen molar-refractivity contribution in [3.63, 3.8) is 0 Å². The fourth-order valence-electron chi connectivity index (χ4n) is 3.07. The summed E-state index contributed by atoms with van der Waals surface area (Å²) in [6, 6.07) is 8.34. The summed E-state index contributed by atoms with van der Waals surface area (Å²) in [5, 5.41) is 10.4. The minimum atomic E-state index is -0.881. The molecular weight excluding hydrogens is 268 g/mol. The second-order valence-corrected chi connectivity index (χ2v) is 5.58. The Labute approximate surface area is 123 Å². The molecule has 1 aliphatic heterocycles. The Morgan fingerprint density at radius 2 is 2.19 bits per heavy atom. The van der Waals surface area contributed by atoms with Gasteiger partial charge in [0.25, 0.3) is 0 Å². The van der Waals surface area contributed by atoms with Crippen LogP contribution in [0.5, 0.6) is 0 Å². The fraction of sp³-hybridized carbons (Fsp3) is 0.438. The number of hydrogen-bond donors (Lipinski definition) is 1. The van der Waals surface area contributed by atoms with E-state index in [1.165, 1.54) is 22.2 Å². The predicted octanol–water partition coefficient (Wildman–Crippen LogP) is 1.77. The van der Waals surface area contributed by atoms with Gasteiger partial charge in [-0.25, -0.2) is 4.79 Å². The van der Waals surface area contributed by atoms with Crippen LogP contribution in [0.3, 0.4) is 0 Å². The summed E-state index contributed by atoms with van der Waals surface area (Å²) >= 11 is 0. The molecule has 0 radical (unpaired) electrons. The molecule has 0 amide bonds. The van der Waals surface area contributed by atoms with Crippen molar-refractivity contribution >= 4 is 16.9 Å². The molecule has 3 rings (SSSR count). The average molecular weight is 288 g/mol. The lowest BCUT2D eigenvalue weighted by Crippen LogP contribution is -2.45. The third-order valence-electron chi connectivity index (χ3n) is 4.31. The van der Waals surface area contributed by atoms with Gasteiger partial charge in [-0.2, -0.15) is 0 Å². The fourth-order valence-corrected chi connectivity index (χ4v) is 3.07. The van der Waals surface area contributed by atoms with Gasteiger partial charge in [-0.05, 0) is 18.6 Å². The van der Waals surface area contributed by atoms with Crippen LogP contribution in [0.4, 0.5) is 0 Å². The third kappa shape index (κ3) is 2.54. The molecule has 1 aromatic heterocycles. The first-order valence-corrected chi connectivity index (χ1v) is 7.17. The Hall–Kier alpha value is -1.85. The van der Waals surface area contributed by atoms with Gasteiger partial charge < -0.3 is 14.4 Å². The van der Waals surface area contributed by atoms with Crippen molar-refractivity contribution in [1.82, 2.24) is 9.47 Å². The zero-order valence-electron chi connectivity index (χ0n) is 12.4. The first-order chi connectivity index (χ1) is 10.1. The van der Waals surface area contributed by atoms with Crippen LogP contribution in [0, 0.1) is 6.92 Å². The van der Waals surface area contributed by atoms with E-state index in [-0.39, 0.29) is 0 Å². The van der Waals surface area contributed by atoms with E-state index >= 15 is 0 Å². The highest BCUT2D eigenvalue weighted by Gasteiger charge is 2.27. The summed E-state index contributed by atoms with van der Waals surface area (Å²) in [5.74, 6) is -0.881. The van der Waals surface area contributed by atoms with E-state index in [0.29, 0.717) is 13.2 Å². The largest absolute Gasteiger partial charge is 0.479 e. The van der Waals surface area contributed by atoms with Crippen molar-refractivity contribution in [3.05, 3.63) is 35.5 Å². The molecule has 0 saturated carbocycles. The van der Waals surface area contributed by atoms with Crippen LogP contribution in [0.1, 0.15) is 11.3 Å². The Morgan fingerprint density at radius 1 is 1.43 bits per heavy atom. The van der Waals surface area contributed by atoms with Gasteiger partial charge in [0.2, 0.25) is 0 Å². The van der Waals surface area contributed by atoms with E-state index in [1.807, 2.05) is 12.1 Å². The molecule has 112 valence electrons. The predicted molar refractivity (Wildman–Crippen MR) is 80.3 cm³/mol. The smallest absolute Gasteiger partial charge is 0.334 e. The molecule has 21 heavy (non-hydrogen) atoms. The van der Waals surface area contributed by atoms with E-state index in [1.54, 1.807) is 0 Å². The number of benzene rings is 1. The van der Waals surface area contributed by atoms with Crippen molar-refractivity contribution in [1.29, 1.82) is 0 Å². The Kier molecular flexibility index (Phi) is 3.69. The van der Waals surface area contributed by atoms with Crippen LogP contribution in [0.2, 0.25) is 0 Å². The molecule has 1 unspecified atom stereocenters. The molecule has 0 spiro atoms. The van der Waals surface area contributed by atoms with Crippen molar-refractivity contribution < 1.29 is 14.6 Å². The number of rotatable bonds is 3. The number of hydrogen-bond acceptors (Lipinski definition) is 3. The van der Waals surface area contributed by atoms with Gasteiger partial charge in [0, 0.05) is 43.3 Å². The Morgan fingerprint density at radius 3 is 2.90 bits per heavy atom. The number of carbonyl (C=O) groups is 1. The lowest BCUT2D eigenvalue weighted by atomic mass is 10.1. The first-order valence-electron chi connectivity index (χ1n) is 7.17. The van der Waals surface area contributed by atoms with Crippen LogP contribution in [0.15, 0.2) is 24.3 Å². The number of aliphatic carboxylic acids is 1. The standard InChI is InChI=1S/C16H20N2O3/c1-11-12-5-3-4-6-13(12)17(2)14(11)9-18-7-8-21-15(10-18)16(19)20/h3-6,15H,7-10H2,1-2H3,(H,19,20). The first kappa shape index (κ1) is 14.1. The van der Waals surface area contributed by atoms with E-state index in [2.05, 4.69) is 35.6 Å². The molecule has 1 saturated heterocycles. The quantitative estimate of drug-likeness (QED) is 0.935. The zero-order valence-corrected chi connectivity index (χ0v) is 12.4. The lowest BCUT2D eigenvalue weighted by molar-refractivity contribution is -0.156. The number of aryl methyl sites for hydroxylation is 2. The average Bonchev–Trinajstić information content (AvgIpc) is 2.73. The number of morpholine rings is 1. The molecule has 1 fully saturated rings. The molecule has 2 heterocycles. The number of fused-ring (bicyclic) bond motifs is 1. The number of para-hydroxylation sites is 1. The van der Waals surface area contributed by atoms with E-state index < -0.39 is 12.1 Å². The Balaban J connectivity index is 1.86. The second-order valence-electron chi connectivity index (χ2n) is 5.58. The highest BCUT2D eigenvalue weighted by molar-refractivity contribution is 5.85. The molecule has 1 N–H and O–H groups in total. The SMILES string of the molecule is Cc1c(CN2CCOC(C(=O)O)C2)n(C)c2ccccc12. The van der Waals surface area contributed by atoms with E-state index in [0.717, 1.165) is 13.1 Å². The van der Waals surface area contributed by atoms with Crippen molar-refractivity contribution in [2.45, 2.75) is 19.6 Å². The molecule has 1 aliphatic rings. The minimum Gasteiger partial charge on any atom is -0.479 e. The molecule has 2 aromatic rings. The summed E-state index contributed by atoms with van der Waals surface area (Å²) in [5.41, 5.74) is 3.72. The highest BCUT2D eigenvalue weighted by atomic mass is 16.5. The van der Waals surface area contributed by atoms with Gasteiger partial charge in [-0.15, -0.1) is 0 Å². The number of ether oxygens (including phenoxy) is 1. The van der Waals surface area contributed by atoms with Crippen LogP contribution in [0.25, 0.3) is 10.9 Å². The monoisotopic (exact) mass is 288 g/mol. The van der Waals surface area contributed by atoms with Gasteiger partial charge in [0.1, 0.15) is 0 Å². The summed E-state index contributed by atoms with van der Waals surface area (Å²) in [4.78, 5) is 13.2. The zero-order chi connectivity index (χ0) is 15.0.